The topological polar surface area (TPSA) is 54.5 Å². The van der Waals surface area contributed by atoms with Crippen LogP contribution in [0.5, 0.6) is 0 Å². The molecule has 5 nitrogen and oxygen atoms in total. The summed E-state index contributed by atoms with van der Waals surface area (Å²) < 4.78 is 5.39. The van der Waals surface area contributed by atoms with Gasteiger partial charge in [-0.2, -0.15) is 0 Å². The van der Waals surface area contributed by atoms with E-state index in [-0.39, 0.29) is 5.91 Å². The molecule has 2 aromatic rings. The highest BCUT2D eigenvalue weighted by Crippen LogP contribution is 2.46. The zero-order chi connectivity index (χ0) is 17.1. The van der Waals surface area contributed by atoms with Crippen LogP contribution >= 0.6 is 0 Å². The van der Waals surface area contributed by atoms with E-state index in [0.717, 1.165) is 31.9 Å². The van der Waals surface area contributed by atoms with E-state index in [2.05, 4.69) is 39.5 Å². The van der Waals surface area contributed by atoms with Crippen molar-refractivity contribution in [3.63, 3.8) is 0 Å². The van der Waals surface area contributed by atoms with Crippen LogP contribution in [0.25, 0.3) is 0 Å². The molecule has 1 aromatic heterocycles. The van der Waals surface area contributed by atoms with Crippen molar-refractivity contribution in [2.75, 3.05) is 37.7 Å². The number of aromatic nitrogens is 1. The molecule has 1 amide bonds. The Balaban J connectivity index is 1.37. The number of nitrogens with one attached hydrogen (secondary N) is 1. The Kier molecular flexibility index (Phi) is 4.65. The standard InChI is InChI=1S/C20H23N3O2/c24-20(22-14-16-13-18(16)15-5-2-1-3-6-15)17-7-4-8-21-19(17)23-9-11-25-12-10-23/h1-8,16,18H,9-14H2,(H,22,24). The van der Waals surface area contributed by atoms with Gasteiger partial charge in [0.25, 0.3) is 5.91 Å². The van der Waals surface area contributed by atoms with Crippen LogP contribution in [-0.4, -0.2) is 43.7 Å². The van der Waals surface area contributed by atoms with Crippen LogP contribution in [0.4, 0.5) is 5.82 Å². The minimum absolute atomic E-state index is 0.0340. The van der Waals surface area contributed by atoms with Crippen molar-refractivity contribution >= 4 is 11.7 Å². The summed E-state index contributed by atoms with van der Waals surface area (Å²) in [5.41, 5.74) is 2.03. The lowest BCUT2D eigenvalue weighted by Gasteiger charge is -2.29. The van der Waals surface area contributed by atoms with Crippen LogP contribution < -0.4 is 10.2 Å². The average Bonchev–Trinajstić information content (AvgIpc) is 3.47. The molecule has 4 rings (SSSR count). The molecule has 5 heteroatoms. The maximum absolute atomic E-state index is 12.7. The van der Waals surface area contributed by atoms with E-state index in [4.69, 9.17) is 4.74 Å². The summed E-state index contributed by atoms with van der Waals surface area (Å²) in [6, 6.07) is 14.2. The summed E-state index contributed by atoms with van der Waals surface area (Å²) in [4.78, 5) is 19.2. The van der Waals surface area contributed by atoms with Crippen LogP contribution in [0.3, 0.4) is 0 Å². The summed E-state index contributed by atoms with van der Waals surface area (Å²) in [5.74, 6) is 1.84. The third-order valence-corrected chi connectivity index (χ3v) is 5.02. The summed E-state index contributed by atoms with van der Waals surface area (Å²) >= 11 is 0. The van der Waals surface area contributed by atoms with Gasteiger partial charge < -0.3 is 15.0 Å². The molecule has 0 radical (unpaired) electrons. The second kappa shape index (κ2) is 7.23. The first-order valence-corrected chi connectivity index (χ1v) is 8.94. The van der Waals surface area contributed by atoms with E-state index in [9.17, 15) is 4.79 Å². The molecule has 2 heterocycles. The molecule has 2 aliphatic rings. The summed E-state index contributed by atoms with van der Waals surface area (Å²) in [6.07, 6.45) is 2.89. The number of nitrogens with zero attached hydrogens (tertiary/aromatic N) is 2. The normalized spacial score (nSPS) is 22.5. The van der Waals surface area contributed by atoms with Gasteiger partial charge in [0.05, 0.1) is 18.8 Å². The lowest BCUT2D eigenvalue weighted by atomic mass is 10.1. The van der Waals surface area contributed by atoms with Crippen molar-refractivity contribution in [3.8, 4) is 0 Å². The molecule has 130 valence electrons. The number of carbonyl (C=O) groups excluding carboxylic acids is 1. The van der Waals surface area contributed by atoms with Gasteiger partial charge in [0, 0.05) is 25.8 Å². The molecule has 25 heavy (non-hydrogen) atoms. The number of hydrogen-bond donors (Lipinski definition) is 1. The van der Waals surface area contributed by atoms with Gasteiger partial charge in [0.2, 0.25) is 0 Å². The van der Waals surface area contributed by atoms with Gasteiger partial charge in [0.1, 0.15) is 5.82 Å². The Morgan fingerprint density at radius 1 is 1.16 bits per heavy atom. The predicted molar refractivity (Wildman–Crippen MR) is 96.9 cm³/mol. The number of benzene rings is 1. The Bertz CT molecular complexity index is 729. The third-order valence-electron chi connectivity index (χ3n) is 5.02. The molecular formula is C20H23N3O2. The van der Waals surface area contributed by atoms with Gasteiger partial charge in [0.15, 0.2) is 0 Å². The molecule has 1 N–H and O–H groups in total. The van der Waals surface area contributed by atoms with Crippen LogP contribution in [0.15, 0.2) is 48.7 Å². The molecule has 2 unspecified atom stereocenters. The number of amides is 1. The highest BCUT2D eigenvalue weighted by molar-refractivity contribution is 5.98. The van der Waals surface area contributed by atoms with Crippen LogP contribution in [-0.2, 0) is 4.74 Å². The second-order valence-corrected chi connectivity index (χ2v) is 6.70. The van der Waals surface area contributed by atoms with Gasteiger partial charge in [-0.1, -0.05) is 30.3 Å². The Morgan fingerprint density at radius 3 is 2.76 bits per heavy atom. The molecule has 1 aromatic carbocycles. The summed E-state index contributed by atoms with van der Waals surface area (Å²) in [7, 11) is 0. The molecule has 1 aliphatic carbocycles. The maximum atomic E-state index is 12.7. The maximum Gasteiger partial charge on any atom is 0.255 e. The number of morpholine rings is 1. The quantitative estimate of drug-likeness (QED) is 0.911. The van der Waals surface area contributed by atoms with Crippen molar-refractivity contribution in [1.82, 2.24) is 10.3 Å². The first-order chi connectivity index (χ1) is 12.3. The fourth-order valence-corrected chi connectivity index (χ4v) is 3.50. The van der Waals surface area contributed by atoms with Crippen LogP contribution in [0.2, 0.25) is 0 Å². The van der Waals surface area contributed by atoms with E-state index in [1.807, 2.05) is 18.2 Å². The number of anilines is 1. The smallest absolute Gasteiger partial charge is 0.255 e. The van der Waals surface area contributed by atoms with Gasteiger partial charge in [-0.25, -0.2) is 4.98 Å². The third kappa shape index (κ3) is 3.66. The molecule has 1 saturated heterocycles. The second-order valence-electron chi connectivity index (χ2n) is 6.70. The fraction of sp³-hybridized carbons (Fsp3) is 0.400. The number of ether oxygens (including phenoxy) is 1. The van der Waals surface area contributed by atoms with Crippen molar-refractivity contribution in [1.29, 1.82) is 0 Å². The lowest BCUT2D eigenvalue weighted by Crippen LogP contribution is -2.38. The zero-order valence-corrected chi connectivity index (χ0v) is 14.2. The molecule has 0 bridgehead atoms. The minimum Gasteiger partial charge on any atom is -0.378 e. The number of hydrogen-bond acceptors (Lipinski definition) is 4. The van der Waals surface area contributed by atoms with Gasteiger partial charge in [-0.3, -0.25) is 4.79 Å². The van der Waals surface area contributed by atoms with Gasteiger partial charge >= 0.3 is 0 Å². The highest BCUT2D eigenvalue weighted by Gasteiger charge is 2.38. The van der Waals surface area contributed by atoms with Crippen molar-refractivity contribution < 1.29 is 9.53 Å². The largest absolute Gasteiger partial charge is 0.378 e. The first kappa shape index (κ1) is 16.1. The van der Waals surface area contributed by atoms with E-state index in [1.165, 1.54) is 5.56 Å². The van der Waals surface area contributed by atoms with E-state index < -0.39 is 0 Å². The molecule has 2 atom stereocenters. The minimum atomic E-state index is -0.0340. The molecule has 1 saturated carbocycles. The molecule has 1 aliphatic heterocycles. The number of carbonyl (C=O) groups is 1. The summed E-state index contributed by atoms with van der Waals surface area (Å²) in [5, 5.41) is 3.10. The van der Waals surface area contributed by atoms with Crippen molar-refractivity contribution in [3.05, 3.63) is 59.8 Å². The summed E-state index contributed by atoms with van der Waals surface area (Å²) in [6.45, 7) is 3.62. The number of pyridine rings is 1. The van der Waals surface area contributed by atoms with E-state index >= 15 is 0 Å². The van der Waals surface area contributed by atoms with Gasteiger partial charge in [-0.15, -0.1) is 0 Å². The molecular weight excluding hydrogens is 314 g/mol. The lowest BCUT2D eigenvalue weighted by molar-refractivity contribution is 0.0949. The zero-order valence-electron chi connectivity index (χ0n) is 14.2. The SMILES string of the molecule is O=C(NCC1CC1c1ccccc1)c1cccnc1N1CCOCC1. The Labute approximate surface area is 148 Å². The van der Waals surface area contributed by atoms with E-state index in [1.54, 1.807) is 6.20 Å². The van der Waals surface area contributed by atoms with Crippen molar-refractivity contribution in [2.45, 2.75) is 12.3 Å². The fourth-order valence-electron chi connectivity index (χ4n) is 3.50. The average molecular weight is 337 g/mol. The number of rotatable bonds is 5. The van der Waals surface area contributed by atoms with Crippen LogP contribution in [0.1, 0.15) is 28.3 Å². The van der Waals surface area contributed by atoms with Crippen molar-refractivity contribution in [2.24, 2.45) is 5.92 Å². The monoisotopic (exact) mass is 337 g/mol. The van der Waals surface area contributed by atoms with E-state index in [0.29, 0.717) is 30.6 Å². The van der Waals surface area contributed by atoms with Crippen LogP contribution in [0, 0.1) is 5.92 Å². The first-order valence-electron chi connectivity index (χ1n) is 8.94. The molecule has 2 fully saturated rings. The molecule has 0 spiro atoms. The highest BCUT2D eigenvalue weighted by atomic mass is 16.5. The predicted octanol–water partition coefficient (Wildman–Crippen LogP) is 2.45. The Hall–Kier alpha value is -2.40. The van der Waals surface area contributed by atoms with Gasteiger partial charge in [-0.05, 0) is 36.0 Å². The Morgan fingerprint density at radius 2 is 1.96 bits per heavy atom.